The van der Waals surface area contributed by atoms with Crippen LogP contribution in [0.15, 0.2) is 12.4 Å². The van der Waals surface area contributed by atoms with Crippen LogP contribution in [-0.2, 0) is 4.79 Å². The van der Waals surface area contributed by atoms with Crippen molar-refractivity contribution in [2.75, 3.05) is 0 Å². The van der Waals surface area contributed by atoms with Crippen molar-refractivity contribution in [1.29, 1.82) is 0 Å². The van der Waals surface area contributed by atoms with Crippen LogP contribution in [0, 0.1) is 0 Å². The summed E-state index contributed by atoms with van der Waals surface area (Å²) < 4.78 is 0. The van der Waals surface area contributed by atoms with Crippen LogP contribution in [0.25, 0.3) is 0 Å². The van der Waals surface area contributed by atoms with Gasteiger partial charge in [-0.25, -0.2) is 0 Å². The minimum Gasteiger partial charge on any atom is -0.348 e. The van der Waals surface area contributed by atoms with E-state index in [9.17, 15) is 4.79 Å². The second kappa shape index (κ2) is 7.24. The van der Waals surface area contributed by atoms with Gasteiger partial charge in [0.15, 0.2) is 0 Å². The van der Waals surface area contributed by atoms with Crippen molar-refractivity contribution < 1.29 is 4.79 Å². The van der Waals surface area contributed by atoms with E-state index in [-0.39, 0.29) is 24.4 Å². The van der Waals surface area contributed by atoms with Crippen LogP contribution in [0.1, 0.15) is 38.3 Å². The molecular formula is C10H19ClN4O. The Bertz CT molecular complexity index is 302. The summed E-state index contributed by atoms with van der Waals surface area (Å²) in [5, 5.41) is 9.37. The molecule has 1 amide bonds. The van der Waals surface area contributed by atoms with Gasteiger partial charge in [0, 0.05) is 11.8 Å². The molecule has 2 unspecified atom stereocenters. The quantitative estimate of drug-likeness (QED) is 0.728. The van der Waals surface area contributed by atoms with Crippen molar-refractivity contribution >= 4 is 18.3 Å². The smallest absolute Gasteiger partial charge is 0.237 e. The first-order valence-corrected chi connectivity index (χ1v) is 5.19. The molecule has 0 aliphatic rings. The normalized spacial score (nSPS) is 13.7. The van der Waals surface area contributed by atoms with E-state index in [1.807, 2.05) is 13.8 Å². The maximum atomic E-state index is 11.6. The number of hydrogen-bond acceptors (Lipinski definition) is 3. The van der Waals surface area contributed by atoms with Crippen LogP contribution in [-0.4, -0.2) is 22.1 Å². The summed E-state index contributed by atoms with van der Waals surface area (Å²) >= 11 is 0. The first kappa shape index (κ1) is 14.9. The molecule has 6 heteroatoms. The molecule has 0 aliphatic carbocycles. The SMILES string of the molecule is CCCC(N)C(=O)NC(C)c1cn[nH]c1.Cl. The highest BCUT2D eigenvalue weighted by Crippen LogP contribution is 2.09. The molecule has 0 aliphatic heterocycles. The lowest BCUT2D eigenvalue weighted by Gasteiger charge is -2.15. The van der Waals surface area contributed by atoms with E-state index in [0.717, 1.165) is 12.0 Å². The minimum atomic E-state index is -0.413. The number of halogens is 1. The minimum absolute atomic E-state index is 0. The van der Waals surface area contributed by atoms with Crippen LogP contribution in [0.4, 0.5) is 0 Å². The molecule has 0 bridgehead atoms. The number of amides is 1. The van der Waals surface area contributed by atoms with E-state index in [0.29, 0.717) is 6.42 Å². The molecule has 0 radical (unpaired) electrons. The first-order valence-electron chi connectivity index (χ1n) is 5.19. The van der Waals surface area contributed by atoms with Crippen molar-refractivity contribution in [2.45, 2.75) is 38.8 Å². The molecule has 0 aromatic carbocycles. The molecule has 1 heterocycles. The van der Waals surface area contributed by atoms with E-state index < -0.39 is 6.04 Å². The Morgan fingerprint density at radius 3 is 2.88 bits per heavy atom. The van der Waals surface area contributed by atoms with Crippen molar-refractivity contribution in [3.8, 4) is 0 Å². The van der Waals surface area contributed by atoms with Gasteiger partial charge in [-0.05, 0) is 13.3 Å². The number of H-pyrrole nitrogens is 1. The van der Waals surface area contributed by atoms with Crippen molar-refractivity contribution in [2.24, 2.45) is 5.73 Å². The number of nitrogens with one attached hydrogen (secondary N) is 2. The largest absolute Gasteiger partial charge is 0.348 e. The molecule has 92 valence electrons. The molecule has 16 heavy (non-hydrogen) atoms. The number of carbonyl (C=O) groups excluding carboxylic acids is 1. The Kier molecular flexibility index (Phi) is 6.76. The van der Waals surface area contributed by atoms with Gasteiger partial charge in [-0.3, -0.25) is 9.89 Å². The van der Waals surface area contributed by atoms with Gasteiger partial charge < -0.3 is 11.1 Å². The van der Waals surface area contributed by atoms with Crippen LogP contribution < -0.4 is 11.1 Å². The third-order valence-corrected chi connectivity index (χ3v) is 2.31. The van der Waals surface area contributed by atoms with Gasteiger partial charge in [-0.2, -0.15) is 5.10 Å². The van der Waals surface area contributed by atoms with Gasteiger partial charge in [-0.15, -0.1) is 12.4 Å². The molecule has 0 fully saturated rings. The van der Waals surface area contributed by atoms with Gasteiger partial charge in [0.05, 0.1) is 18.3 Å². The second-order valence-corrected chi connectivity index (χ2v) is 3.66. The summed E-state index contributed by atoms with van der Waals surface area (Å²) in [6, 6.07) is -0.469. The number of carbonyl (C=O) groups is 1. The van der Waals surface area contributed by atoms with E-state index in [1.165, 1.54) is 0 Å². The lowest BCUT2D eigenvalue weighted by Crippen LogP contribution is -2.41. The van der Waals surface area contributed by atoms with Crippen LogP contribution in [0.3, 0.4) is 0 Å². The number of nitrogens with zero attached hydrogens (tertiary/aromatic N) is 1. The Morgan fingerprint density at radius 1 is 1.69 bits per heavy atom. The average Bonchev–Trinajstić information content (AvgIpc) is 2.70. The van der Waals surface area contributed by atoms with E-state index in [1.54, 1.807) is 12.4 Å². The molecule has 2 atom stereocenters. The number of aromatic nitrogens is 2. The predicted molar refractivity (Wildman–Crippen MR) is 65.3 cm³/mol. The molecule has 0 saturated heterocycles. The average molecular weight is 247 g/mol. The Morgan fingerprint density at radius 2 is 2.38 bits per heavy atom. The molecule has 1 aromatic heterocycles. The molecule has 0 saturated carbocycles. The van der Waals surface area contributed by atoms with Crippen molar-refractivity contribution in [1.82, 2.24) is 15.5 Å². The zero-order valence-electron chi connectivity index (χ0n) is 9.56. The topological polar surface area (TPSA) is 83.8 Å². The van der Waals surface area contributed by atoms with Crippen molar-refractivity contribution in [3.63, 3.8) is 0 Å². The summed E-state index contributed by atoms with van der Waals surface area (Å²) in [4.78, 5) is 11.6. The highest BCUT2D eigenvalue weighted by molar-refractivity contribution is 5.85. The Labute approximate surface area is 102 Å². The lowest BCUT2D eigenvalue weighted by atomic mass is 10.1. The van der Waals surface area contributed by atoms with Gasteiger partial charge in [0.25, 0.3) is 0 Å². The molecule has 4 N–H and O–H groups in total. The fraction of sp³-hybridized carbons (Fsp3) is 0.600. The third kappa shape index (κ3) is 4.20. The highest BCUT2D eigenvalue weighted by Gasteiger charge is 2.15. The van der Waals surface area contributed by atoms with Gasteiger partial charge in [0.2, 0.25) is 5.91 Å². The molecule has 0 spiro atoms. The van der Waals surface area contributed by atoms with Crippen molar-refractivity contribution in [3.05, 3.63) is 18.0 Å². The third-order valence-electron chi connectivity index (χ3n) is 2.31. The van der Waals surface area contributed by atoms with E-state index >= 15 is 0 Å². The zero-order valence-corrected chi connectivity index (χ0v) is 10.4. The maximum Gasteiger partial charge on any atom is 0.237 e. The summed E-state index contributed by atoms with van der Waals surface area (Å²) in [7, 11) is 0. The molecule has 1 aromatic rings. The fourth-order valence-corrected chi connectivity index (χ4v) is 1.34. The Hall–Kier alpha value is -1.07. The maximum absolute atomic E-state index is 11.6. The first-order chi connectivity index (χ1) is 7.15. The summed E-state index contributed by atoms with van der Waals surface area (Å²) in [5.74, 6) is -0.106. The summed E-state index contributed by atoms with van der Waals surface area (Å²) in [5.41, 5.74) is 6.64. The monoisotopic (exact) mass is 246 g/mol. The van der Waals surface area contributed by atoms with Crippen LogP contribution in [0.2, 0.25) is 0 Å². The highest BCUT2D eigenvalue weighted by atomic mass is 35.5. The van der Waals surface area contributed by atoms with E-state index in [2.05, 4.69) is 15.5 Å². The number of hydrogen-bond donors (Lipinski definition) is 3. The summed E-state index contributed by atoms with van der Waals surface area (Å²) in [6.07, 6.45) is 5.07. The van der Waals surface area contributed by atoms with Gasteiger partial charge in [-0.1, -0.05) is 13.3 Å². The lowest BCUT2D eigenvalue weighted by molar-refractivity contribution is -0.123. The van der Waals surface area contributed by atoms with Gasteiger partial charge >= 0.3 is 0 Å². The van der Waals surface area contributed by atoms with Crippen LogP contribution >= 0.6 is 12.4 Å². The predicted octanol–water partition coefficient (Wildman–Crippen LogP) is 1.14. The fourth-order valence-electron chi connectivity index (χ4n) is 1.34. The standard InChI is InChI=1S/C10H18N4O.ClH/c1-3-4-9(11)10(15)14-7(2)8-5-12-13-6-8;/h5-7,9H,3-4,11H2,1-2H3,(H,12,13)(H,14,15);1H. The molecule has 5 nitrogen and oxygen atoms in total. The number of aromatic amines is 1. The summed E-state index contributed by atoms with van der Waals surface area (Å²) in [6.45, 7) is 3.91. The van der Waals surface area contributed by atoms with E-state index in [4.69, 9.17) is 5.73 Å². The number of nitrogens with two attached hydrogens (primary N) is 1. The number of rotatable bonds is 5. The zero-order chi connectivity index (χ0) is 11.3. The van der Waals surface area contributed by atoms with Crippen LogP contribution in [0.5, 0.6) is 0 Å². The Balaban J connectivity index is 0.00000225. The van der Waals surface area contributed by atoms with Gasteiger partial charge in [0.1, 0.15) is 0 Å². The molecule has 1 rings (SSSR count). The second-order valence-electron chi connectivity index (χ2n) is 3.66. The molecular weight excluding hydrogens is 228 g/mol.